The molecule has 0 unspecified atom stereocenters. The van der Waals surface area contributed by atoms with E-state index in [0.717, 1.165) is 10.0 Å². The normalized spacial score (nSPS) is 10.4. The van der Waals surface area contributed by atoms with E-state index in [1.165, 1.54) is 4.68 Å². The molecule has 1 heterocycles. The zero-order chi connectivity index (χ0) is 16.3. The van der Waals surface area contributed by atoms with Crippen molar-refractivity contribution in [2.45, 2.75) is 6.54 Å². The molecule has 0 amide bonds. The predicted molar refractivity (Wildman–Crippen MR) is 91.8 cm³/mol. The van der Waals surface area contributed by atoms with E-state index in [1.54, 1.807) is 27.5 Å². The first-order chi connectivity index (χ1) is 10.5. The molecule has 0 atom stereocenters. The number of nitrogens with one attached hydrogen (secondary N) is 1. The van der Waals surface area contributed by atoms with Crippen molar-refractivity contribution >= 4 is 37.5 Å². The van der Waals surface area contributed by atoms with Crippen LogP contribution in [0.2, 0.25) is 0 Å². The lowest BCUT2D eigenvalue weighted by Gasteiger charge is -2.13. The summed E-state index contributed by atoms with van der Waals surface area (Å²) >= 11 is 6.78. The smallest absolute Gasteiger partial charge is 0.282 e. The third kappa shape index (κ3) is 3.44. The summed E-state index contributed by atoms with van der Waals surface area (Å²) < 4.78 is 13.1. The molecule has 0 bridgehead atoms. The lowest BCUT2D eigenvalue weighted by atomic mass is 10.2. The maximum absolute atomic E-state index is 11.8. The Bertz CT molecular complexity index is 747. The lowest BCUT2D eigenvalue weighted by Crippen LogP contribution is -2.21. The van der Waals surface area contributed by atoms with Crippen molar-refractivity contribution in [3.63, 3.8) is 0 Å². The first kappa shape index (κ1) is 16.8. The van der Waals surface area contributed by atoms with Crippen LogP contribution < -0.4 is 20.3 Å². The molecule has 1 aromatic heterocycles. The molecule has 2 aromatic rings. The molecule has 0 aliphatic rings. The Hall–Kier alpha value is -1.54. The minimum atomic E-state index is -0.198. The zero-order valence-corrected chi connectivity index (χ0v) is 15.5. The van der Waals surface area contributed by atoms with Gasteiger partial charge in [0.2, 0.25) is 0 Å². The summed E-state index contributed by atoms with van der Waals surface area (Å²) in [6.07, 6.45) is 1.60. The predicted octanol–water partition coefficient (Wildman–Crippen LogP) is 2.93. The van der Waals surface area contributed by atoms with Crippen LogP contribution in [0, 0.1) is 0 Å². The third-order valence-electron chi connectivity index (χ3n) is 3.10. The van der Waals surface area contributed by atoms with E-state index >= 15 is 0 Å². The number of aromatic nitrogens is 2. The maximum Gasteiger partial charge on any atom is 0.282 e. The van der Waals surface area contributed by atoms with E-state index in [0.29, 0.717) is 28.2 Å². The van der Waals surface area contributed by atoms with Crippen LogP contribution in [0.3, 0.4) is 0 Å². The van der Waals surface area contributed by atoms with Gasteiger partial charge in [-0.25, -0.2) is 4.68 Å². The quantitative estimate of drug-likeness (QED) is 0.786. The van der Waals surface area contributed by atoms with Crippen LogP contribution in [0.15, 0.2) is 32.1 Å². The number of halogens is 2. The van der Waals surface area contributed by atoms with Gasteiger partial charge in [0, 0.05) is 18.1 Å². The van der Waals surface area contributed by atoms with Gasteiger partial charge in [-0.2, -0.15) is 5.10 Å². The van der Waals surface area contributed by atoms with Crippen LogP contribution in [-0.4, -0.2) is 24.0 Å². The molecule has 0 aliphatic heterocycles. The zero-order valence-electron chi connectivity index (χ0n) is 12.3. The topological polar surface area (TPSA) is 65.4 Å². The van der Waals surface area contributed by atoms with Crippen LogP contribution >= 0.6 is 31.9 Å². The van der Waals surface area contributed by atoms with Gasteiger partial charge < -0.3 is 14.8 Å². The van der Waals surface area contributed by atoms with Gasteiger partial charge in [0.1, 0.15) is 4.47 Å². The Labute approximate surface area is 144 Å². The molecule has 1 N–H and O–H groups in total. The molecule has 8 heteroatoms. The number of ether oxygens (including phenoxy) is 2. The molecule has 0 saturated heterocycles. The number of hydrogen-bond donors (Lipinski definition) is 1. The van der Waals surface area contributed by atoms with Crippen molar-refractivity contribution < 1.29 is 9.47 Å². The van der Waals surface area contributed by atoms with Gasteiger partial charge >= 0.3 is 0 Å². The average molecular weight is 433 g/mol. The second kappa shape index (κ2) is 7.15. The van der Waals surface area contributed by atoms with E-state index in [1.807, 2.05) is 12.1 Å². The SMILES string of the molecule is COc1cc(Br)c(CNc2cnn(C)c(=O)c2Br)cc1OC. The molecule has 0 aliphatic carbocycles. The van der Waals surface area contributed by atoms with Gasteiger partial charge in [0.15, 0.2) is 11.5 Å². The van der Waals surface area contributed by atoms with E-state index in [2.05, 4.69) is 42.3 Å². The Balaban J connectivity index is 2.25. The highest BCUT2D eigenvalue weighted by molar-refractivity contribution is 9.10. The number of methoxy groups -OCH3 is 2. The Morgan fingerprint density at radius 2 is 1.86 bits per heavy atom. The second-order valence-electron chi connectivity index (χ2n) is 4.45. The largest absolute Gasteiger partial charge is 0.493 e. The van der Waals surface area contributed by atoms with Crippen molar-refractivity contribution in [1.82, 2.24) is 9.78 Å². The molecule has 0 fully saturated rings. The highest BCUT2D eigenvalue weighted by Crippen LogP contribution is 2.33. The first-order valence-corrected chi connectivity index (χ1v) is 7.92. The summed E-state index contributed by atoms with van der Waals surface area (Å²) in [5.74, 6) is 1.29. The number of nitrogens with zero attached hydrogens (tertiary/aromatic N) is 2. The fraction of sp³-hybridized carbons (Fsp3) is 0.286. The van der Waals surface area contributed by atoms with Crippen molar-refractivity contribution in [1.29, 1.82) is 0 Å². The van der Waals surface area contributed by atoms with Crippen LogP contribution in [0.1, 0.15) is 5.56 Å². The minimum absolute atomic E-state index is 0.198. The highest BCUT2D eigenvalue weighted by Gasteiger charge is 2.11. The molecule has 0 saturated carbocycles. The van der Waals surface area contributed by atoms with Crippen LogP contribution in [0.4, 0.5) is 5.69 Å². The molecule has 1 aromatic carbocycles. The lowest BCUT2D eigenvalue weighted by molar-refractivity contribution is 0.354. The van der Waals surface area contributed by atoms with Gasteiger partial charge in [-0.05, 0) is 33.6 Å². The Kier molecular flexibility index (Phi) is 5.47. The average Bonchev–Trinajstić information content (AvgIpc) is 2.52. The number of benzene rings is 1. The van der Waals surface area contributed by atoms with Gasteiger partial charge in [-0.15, -0.1) is 0 Å². The van der Waals surface area contributed by atoms with Crippen molar-refractivity contribution in [2.75, 3.05) is 19.5 Å². The van der Waals surface area contributed by atoms with Crippen LogP contribution in [0.25, 0.3) is 0 Å². The van der Waals surface area contributed by atoms with Crippen LogP contribution in [0.5, 0.6) is 11.5 Å². The molecule has 0 spiro atoms. The molecule has 6 nitrogen and oxygen atoms in total. The summed E-state index contributed by atoms with van der Waals surface area (Å²) in [5.41, 5.74) is 1.39. The second-order valence-corrected chi connectivity index (χ2v) is 6.10. The van der Waals surface area contributed by atoms with Gasteiger partial charge in [-0.1, -0.05) is 15.9 Å². The number of anilines is 1. The van der Waals surface area contributed by atoms with Crippen molar-refractivity contribution in [3.05, 3.63) is 43.2 Å². The van der Waals surface area contributed by atoms with E-state index in [-0.39, 0.29) is 5.56 Å². The first-order valence-electron chi connectivity index (χ1n) is 6.34. The molecular formula is C14H15Br2N3O3. The van der Waals surface area contributed by atoms with Crippen LogP contribution in [-0.2, 0) is 13.6 Å². The molecule has 2 rings (SSSR count). The number of hydrogen-bond acceptors (Lipinski definition) is 5. The van der Waals surface area contributed by atoms with Crippen molar-refractivity contribution in [2.24, 2.45) is 7.05 Å². The minimum Gasteiger partial charge on any atom is -0.493 e. The van der Waals surface area contributed by atoms with E-state index in [4.69, 9.17) is 9.47 Å². The van der Waals surface area contributed by atoms with E-state index < -0.39 is 0 Å². The molecule has 0 radical (unpaired) electrons. The van der Waals surface area contributed by atoms with Gasteiger partial charge in [0.05, 0.1) is 26.1 Å². The summed E-state index contributed by atoms with van der Waals surface area (Å²) in [4.78, 5) is 11.8. The monoisotopic (exact) mass is 431 g/mol. The number of rotatable bonds is 5. The third-order valence-corrected chi connectivity index (χ3v) is 4.60. The maximum atomic E-state index is 11.8. The summed E-state index contributed by atoms with van der Waals surface area (Å²) in [6, 6.07) is 3.71. The summed E-state index contributed by atoms with van der Waals surface area (Å²) in [5, 5.41) is 7.17. The standard InChI is InChI=1S/C14H15Br2N3O3/c1-19-14(20)13(16)10(7-18-19)17-6-8-4-11(21-2)12(22-3)5-9(8)15/h4-5,7,17H,6H2,1-3H3. The molecule has 22 heavy (non-hydrogen) atoms. The highest BCUT2D eigenvalue weighted by atomic mass is 79.9. The summed E-state index contributed by atoms with van der Waals surface area (Å²) in [6.45, 7) is 0.494. The Morgan fingerprint density at radius 1 is 1.23 bits per heavy atom. The summed E-state index contributed by atoms with van der Waals surface area (Å²) in [7, 11) is 4.77. The number of aryl methyl sites for hydroxylation is 1. The molecular weight excluding hydrogens is 418 g/mol. The molecule has 118 valence electrons. The Morgan fingerprint density at radius 3 is 2.50 bits per heavy atom. The fourth-order valence-electron chi connectivity index (χ4n) is 1.86. The van der Waals surface area contributed by atoms with Crippen molar-refractivity contribution in [3.8, 4) is 11.5 Å². The van der Waals surface area contributed by atoms with Gasteiger partial charge in [-0.3, -0.25) is 4.79 Å². The fourth-order valence-corrected chi connectivity index (χ4v) is 2.82. The van der Waals surface area contributed by atoms with Gasteiger partial charge in [0.25, 0.3) is 5.56 Å². The van der Waals surface area contributed by atoms with E-state index in [9.17, 15) is 4.79 Å².